The molecule has 0 aromatic carbocycles. The van der Waals surface area contributed by atoms with E-state index in [-0.39, 0.29) is 13.7 Å². The lowest BCUT2D eigenvalue weighted by atomic mass is 10.1. The molecule has 0 bridgehead atoms. The number of ether oxygens (including phenoxy) is 3. The van der Waals surface area contributed by atoms with E-state index in [1.54, 1.807) is 0 Å². The predicted molar refractivity (Wildman–Crippen MR) is 108 cm³/mol. The number of rotatable bonds is 12. The number of aliphatic carboxylic acids is 3. The van der Waals surface area contributed by atoms with E-state index in [9.17, 15) is 44.1 Å². The van der Waals surface area contributed by atoms with Gasteiger partial charge in [0.2, 0.25) is 0 Å². The number of carbonyl (C=O) groups is 3. The van der Waals surface area contributed by atoms with Gasteiger partial charge in [-0.2, -0.15) is 0 Å². The van der Waals surface area contributed by atoms with E-state index < -0.39 is 71.4 Å². The van der Waals surface area contributed by atoms with Crippen LogP contribution in [0.2, 0.25) is 0 Å². The number of hydrogen-bond acceptors (Lipinski definition) is 9. The Bertz CT molecular complexity index is 932. The van der Waals surface area contributed by atoms with Crippen LogP contribution in [0.5, 0.6) is 0 Å². The summed E-state index contributed by atoms with van der Waals surface area (Å²) < 4.78 is 14.9. The molecule has 15 nitrogen and oxygen atoms in total. The molecule has 3 atom stereocenters. The second kappa shape index (κ2) is 9.68. The van der Waals surface area contributed by atoms with Crippen molar-refractivity contribution in [2.75, 3.05) is 21.3 Å². The summed E-state index contributed by atoms with van der Waals surface area (Å²) in [6, 6.07) is 0. The van der Waals surface area contributed by atoms with Crippen molar-refractivity contribution in [3.63, 3.8) is 0 Å². The molecule has 15 heteroatoms. The summed E-state index contributed by atoms with van der Waals surface area (Å²) in [6.45, 7) is 3.72. The van der Waals surface area contributed by atoms with Crippen LogP contribution in [-0.4, -0.2) is 68.3 Å². The van der Waals surface area contributed by atoms with Crippen LogP contribution in [0.15, 0.2) is 14.4 Å². The third kappa shape index (κ3) is 3.67. The molecule has 0 aliphatic heterocycles. The SMILES string of the molecule is CCC(OC)(C(=O)O)n1c(=O)n(C(CC)(OC)C(=O)O)c(=O)n(C(CC)(OC)C(=O)O)c1=O. The number of hydrogen-bond donors (Lipinski definition) is 3. The van der Waals surface area contributed by atoms with Gasteiger partial charge in [-0.05, 0) is 0 Å². The molecule has 0 spiro atoms. The molecule has 3 N–H and O–H groups in total. The second-order valence-electron chi connectivity index (χ2n) is 6.80. The minimum atomic E-state index is -2.73. The highest BCUT2D eigenvalue weighted by Gasteiger charge is 2.52. The summed E-state index contributed by atoms with van der Waals surface area (Å²) in [6.07, 6.45) is -1.65. The predicted octanol–water partition coefficient (Wildman–Crippen LogP) is -1.45. The van der Waals surface area contributed by atoms with Gasteiger partial charge in [-0.3, -0.25) is 0 Å². The summed E-state index contributed by atoms with van der Waals surface area (Å²) >= 11 is 0. The van der Waals surface area contributed by atoms with Crippen molar-refractivity contribution in [2.45, 2.75) is 57.2 Å². The standard InChI is InChI=1S/C18H27N3O12/c1-7-16(31-4,10(22)23)19-13(28)20(17(8-2,32-5)11(24)25)15(30)21(14(19)29)18(9-3,33-6)12(26)27/h7-9H2,1-6H3,(H,22,23)(H,24,25)(H,26,27). The van der Waals surface area contributed by atoms with Gasteiger partial charge >= 0.3 is 35.0 Å². The number of carboxylic acids is 3. The van der Waals surface area contributed by atoms with E-state index in [1.807, 2.05) is 0 Å². The first-order valence-corrected chi connectivity index (χ1v) is 9.68. The maximum absolute atomic E-state index is 13.4. The smallest absolute Gasteiger partial charge is 0.358 e. The fourth-order valence-electron chi connectivity index (χ4n) is 3.66. The second-order valence-corrected chi connectivity index (χ2v) is 6.80. The third-order valence-corrected chi connectivity index (χ3v) is 5.68. The zero-order valence-corrected chi connectivity index (χ0v) is 19.0. The van der Waals surface area contributed by atoms with Crippen LogP contribution in [0.1, 0.15) is 40.0 Å². The van der Waals surface area contributed by atoms with Crippen molar-refractivity contribution in [2.24, 2.45) is 0 Å². The Balaban J connectivity index is 4.73. The van der Waals surface area contributed by atoms with E-state index in [1.165, 1.54) is 20.8 Å². The molecule has 1 aromatic rings. The molecule has 0 saturated heterocycles. The van der Waals surface area contributed by atoms with Gasteiger partial charge in [0.25, 0.3) is 17.2 Å². The number of aromatic nitrogens is 3. The Labute approximate surface area is 186 Å². The summed E-state index contributed by atoms with van der Waals surface area (Å²) in [7, 11) is 2.60. The van der Waals surface area contributed by atoms with E-state index in [4.69, 9.17) is 14.2 Å². The van der Waals surface area contributed by atoms with Gasteiger partial charge in [-0.25, -0.2) is 42.5 Å². The Hall–Kier alpha value is -3.30. The topological polar surface area (TPSA) is 206 Å². The van der Waals surface area contributed by atoms with E-state index in [0.717, 1.165) is 21.3 Å². The molecule has 0 aliphatic carbocycles. The zero-order chi connectivity index (χ0) is 25.9. The molecule has 1 rings (SSSR count). The Morgan fingerprint density at radius 2 is 0.788 bits per heavy atom. The largest absolute Gasteiger partial charge is 0.478 e. The summed E-state index contributed by atoms with van der Waals surface area (Å²) in [5, 5.41) is 29.4. The highest BCUT2D eigenvalue weighted by Crippen LogP contribution is 2.24. The van der Waals surface area contributed by atoms with Crippen LogP contribution in [0, 0.1) is 0 Å². The van der Waals surface area contributed by atoms with Gasteiger partial charge < -0.3 is 29.5 Å². The van der Waals surface area contributed by atoms with Crippen LogP contribution >= 0.6 is 0 Å². The van der Waals surface area contributed by atoms with Gasteiger partial charge in [-0.15, -0.1) is 0 Å². The van der Waals surface area contributed by atoms with Crippen LogP contribution < -0.4 is 17.1 Å². The maximum Gasteiger partial charge on any atom is 0.358 e. The van der Waals surface area contributed by atoms with E-state index >= 15 is 0 Å². The highest BCUT2D eigenvalue weighted by atomic mass is 16.6. The van der Waals surface area contributed by atoms with Crippen LogP contribution in [0.25, 0.3) is 0 Å². The molecular weight excluding hydrogens is 450 g/mol. The van der Waals surface area contributed by atoms with E-state index in [2.05, 4.69) is 0 Å². The molecule has 0 aliphatic rings. The minimum absolute atomic E-state index is 0.0323. The van der Waals surface area contributed by atoms with Gasteiger partial charge in [0.15, 0.2) is 0 Å². The van der Waals surface area contributed by atoms with Crippen LogP contribution in [0.4, 0.5) is 0 Å². The molecule has 186 valence electrons. The summed E-state index contributed by atoms with van der Waals surface area (Å²) in [4.78, 5) is 76.6. The first-order chi connectivity index (χ1) is 15.3. The average Bonchev–Trinajstić information content (AvgIpc) is 2.76. The Morgan fingerprint density at radius 3 is 0.879 bits per heavy atom. The Morgan fingerprint density at radius 1 is 0.606 bits per heavy atom. The van der Waals surface area contributed by atoms with Crippen molar-refractivity contribution >= 4 is 17.9 Å². The number of nitrogens with zero attached hydrogens (tertiary/aromatic N) is 3. The first kappa shape index (κ1) is 27.7. The summed E-state index contributed by atoms with van der Waals surface area (Å²) in [5.74, 6) is -5.52. The van der Waals surface area contributed by atoms with Crippen molar-refractivity contribution in [1.82, 2.24) is 13.7 Å². The molecule has 0 amide bonds. The molecular formula is C18H27N3O12. The number of carboxylic acid groups (broad SMARTS) is 3. The molecule has 1 heterocycles. The van der Waals surface area contributed by atoms with Gasteiger partial charge in [0.1, 0.15) is 0 Å². The van der Waals surface area contributed by atoms with Crippen molar-refractivity contribution in [1.29, 1.82) is 0 Å². The van der Waals surface area contributed by atoms with Gasteiger partial charge in [0.05, 0.1) is 0 Å². The lowest BCUT2D eigenvalue weighted by Gasteiger charge is -2.35. The molecule has 1 aromatic heterocycles. The van der Waals surface area contributed by atoms with Crippen molar-refractivity contribution in [3.8, 4) is 0 Å². The van der Waals surface area contributed by atoms with Crippen molar-refractivity contribution in [3.05, 3.63) is 31.5 Å². The van der Waals surface area contributed by atoms with E-state index in [0.29, 0.717) is 0 Å². The number of methoxy groups -OCH3 is 3. The normalized spacial score (nSPS) is 16.9. The van der Waals surface area contributed by atoms with Gasteiger partial charge in [0, 0.05) is 40.6 Å². The quantitative estimate of drug-likeness (QED) is 0.316. The first-order valence-electron chi connectivity index (χ1n) is 9.68. The molecule has 0 radical (unpaired) electrons. The Kier molecular flexibility index (Phi) is 8.13. The highest BCUT2D eigenvalue weighted by molar-refractivity contribution is 5.76. The fraction of sp³-hybridized carbons (Fsp3) is 0.667. The third-order valence-electron chi connectivity index (χ3n) is 5.68. The maximum atomic E-state index is 13.4. The molecule has 0 fully saturated rings. The average molecular weight is 477 g/mol. The minimum Gasteiger partial charge on any atom is -0.478 e. The van der Waals surface area contributed by atoms with Gasteiger partial charge in [-0.1, -0.05) is 20.8 Å². The molecule has 0 saturated carbocycles. The van der Waals surface area contributed by atoms with Crippen molar-refractivity contribution < 1.29 is 43.9 Å². The fourth-order valence-corrected chi connectivity index (χ4v) is 3.66. The van der Waals surface area contributed by atoms with Crippen LogP contribution in [-0.2, 0) is 45.8 Å². The molecule has 33 heavy (non-hydrogen) atoms. The monoisotopic (exact) mass is 477 g/mol. The molecule has 3 unspecified atom stereocenters. The lowest BCUT2D eigenvalue weighted by molar-refractivity contribution is -0.190. The summed E-state index contributed by atoms with van der Waals surface area (Å²) in [5.41, 5.74) is -13.3. The lowest BCUT2D eigenvalue weighted by Crippen LogP contribution is -2.70. The van der Waals surface area contributed by atoms with Crippen LogP contribution in [0.3, 0.4) is 0 Å². The zero-order valence-electron chi connectivity index (χ0n) is 19.0.